The third-order valence-corrected chi connectivity index (χ3v) is 3.08. The number of carbonyl (C=O) groups is 1. The maximum Gasteiger partial charge on any atom is 0.241 e. The zero-order valence-corrected chi connectivity index (χ0v) is 16.1. The number of amides is 1. The van der Waals surface area contributed by atoms with Gasteiger partial charge < -0.3 is 15.5 Å². The third kappa shape index (κ3) is 5.48. The number of hydrogen-bond acceptors (Lipinski definition) is 4. The van der Waals surface area contributed by atoms with Crippen LogP contribution in [0.1, 0.15) is 5.82 Å². The van der Waals surface area contributed by atoms with Crippen LogP contribution in [0.5, 0.6) is 0 Å². The summed E-state index contributed by atoms with van der Waals surface area (Å²) in [5.74, 6) is 1.21. The maximum atomic E-state index is 11.7. The van der Waals surface area contributed by atoms with Crippen LogP contribution in [-0.4, -0.2) is 58.5 Å². The summed E-state index contributed by atoms with van der Waals surface area (Å²) in [5.41, 5.74) is 0.772. The first-order valence-electron chi connectivity index (χ1n) is 7.23. The molecule has 2 aromatic rings. The van der Waals surface area contributed by atoms with Crippen molar-refractivity contribution in [2.24, 2.45) is 4.99 Å². The van der Waals surface area contributed by atoms with Crippen LogP contribution in [0.4, 0.5) is 0 Å². The van der Waals surface area contributed by atoms with Crippen molar-refractivity contribution >= 4 is 41.5 Å². The second-order valence-corrected chi connectivity index (χ2v) is 5.02. The highest BCUT2D eigenvalue weighted by molar-refractivity contribution is 14.0. The van der Waals surface area contributed by atoms with Crippen molar-refractivity contribution in [3.8, 4) is 0 Å². The first kappa shape index (κ1) is 19.9. The van der Waals surface area contributed by atoms with Crippen molar-refractivity contribution in [2.45, 2.75) is 6.54 Å². The van der Waals surface area contributed by atoms with Crippen LogP contribution in [-0.2, 0) is 11.3 Å². The molecule has 0 aromatic carbocycles. The Bertz CT molecular complexity index is 711. The van der Waals surface area contributed by atoms with Gasteiger partial charge in [-0.15, -0.1) is 40.8 Å². The maximum absolute atomic E-state index is 11.7. The SMILES string of the molecule is C=CCNC(=NCc1nnc2ccccn12)NCC(=O)N(C)C.I. The first-order valence-corrected chi connectivity index (χ1v) is 7.23. The molecule has 0 atom stereocenters. The molecule has 0 aliphatic carbocycles. The van der Waals surface area contributed by atoms with Gasteiger partial charge in [-0.3, -0.25) is 9.20 Å². The van der Waals surface area contributed by atoms with E-state index >= 15 is 0 Å². The fourth-order valence-electron chi connectivity index (χ4n) is 1.81. The smallest absolute Gasteiger partial charge is 0.241 e. The molecular weight excluding hydrogens is 421 g/mol. The van der Waals surface area contributed by atoms with Crippen molar-refractivity contribution in [3.05, 3.63) is 42.9 Å². The van der Waals surface area contributed by atoms with E-state index in [1.54, 1.807) is 20.2 Å². The molecule has 0 spiro atoms. The van der Waals surface area contributed by atoms with E-state index in [9.17, 15) is 4.79 Å². The highest BCUT2D eigenvalue weighted by Crippen LogP contribution is 2.03. The lowest BCUT2D eigenvalue weighted by Gasteiger charge is -2.14. The molecular formula is C15H22IN7O. The van der Waals surface area contributed by atoms with Crippen LogP contribution in [0.25, 0.3) is 5.65 Å². The van der Waals surface area contributed by atoms with Crippen molar-refractivity contribution in [3.63, 3.8) is 0 Å². The second-order valence-electron chi connectivity index (χ2n) is 5.02. The van der Waals surface area contributed by atoms with E-state index in [1.165, 1.54) is 4.90 Å². The quantitative estimate of drug-likeness (QED) is 0.297. The summed E-state index contributed by atoms with van der Waals surface area (Å²) in [4.78, 5) is 17.6. The van der Waals surface area contributed by atoms with Crippen molar-refractivity contribution in [1.82, 2.24) is 30.1 Å². The van der Waals surface area contributed by atoms with E-state index in [4.69, 9.17) is 0 Å². The molecule has 24 heavy (non-hydrogen) atoms. The number of fused-ring (bicyclic) bond motifs is 1. The van der Waals surface area contributed by atoms with Crippen LogP contribution in [0.3, 0.4) is 0 Å². The number of guanidine groups is 1. The van der Waals surface area contributed by atoms with Crippen LogP contribution >= 0.6 is 24.0 Å². The molecule has 2 aromatic heterocycles. The molecule has 2 rings (SSSR count). The predicted molar refractivity (Wildman–Crippen MR) is 104 cm³/mol. The summed E-state index contributed by atoms with van der Waals surface area (Å²) in [6.07, 6.45) is 3.61. The van der Waals surface area contributed by atoms with Gasteiger partial charge in [0.25, 0.3) is 0 Å². The van der Waals surface area contributed by atoms with Crippen LogP contribution in [0.2, 0.25) is 0 Å². The number of rotatable bonds is 6. The normalized spacial score (nSPS) is 10.8. The van der Waals surface area contributed by atoms with E-state index in [1.807, 2.05) is 28.8 Å². The summed E-state index contributed by atoms with van der Waals surface area (Å²) < 4.78 is 1.87. The average Bonchev–Trinajstić information content (AvgIpc) is 2.97. The van der Waals surface area contributed by atoms with Gasteiger partial charge in [-0.05, 0) is 12.1 Å². The summed E-state index contributed by atoms with van der Waals surface area (Å²) in [6.45, 7) is 4.71. The topological polar surface area (TPSA) is 86.9 Å². The lowest BCUT2D eigenvalue weighted by molar-refractivity contribution is -0.127. The highest BCUT2D eigenvalue weighted by Gasteiger charge is 2.07. The molecule has 2 heterocycles. The minimum atomic E-state index is -0.0361. The number of nitrogens with zero attached hydrogens (tertiary/aromatic N) is 5. The predicted octanol–water partition coefficient (Wildman–Crippen LogP) is 0.657. The third-order valence-electron chi connectivity index (χ3n) is 3.08. The molecule has 0 radical (unpaired) electrons. The van der Waals surface area contributed by atoms with Gasteiger partial charge in [0.2, 0.25) is 5.91 Å². The minimum Gasteiger partial charge on any atom is -0.353 e. The summed E-state index contributed by atoms with van der Waals surface area (Å²) in [5, 5.41) is 14.3. The number of nitrogens with one attached hydrogen (secondary N) is 2. The Balaban J connectivity index is 0.00000288. The van der Waals surface area contributed by atoms with E-state index in [0.717, 1.165) is 11.5 Å². The van der Waals surface area contributed by atoms with E-state index in [-0.39, 0.29) is 36.4 Å². The summed E-state index contributed by atoms with van der Waals surface area (Å²) in [7, 11) is 3.42. The number of halogens is 1. The molecule has 0 bridgehead atoms. The van der Waals surface area contributed by atoms with Gasteiger partial charge in [-0.1, -0.05) is 12.1 Å². The molecule has 0 fully saturated rings. The second kappa shape index (κ2) is 9.85. The Morgan fingerprint density at radius 3 is 2.88 bits per heavy atom. The lowest BCUT2D eigenvalue weighted by Crippen LogP contribution is -2.43. The molecule has 8 nitrogen and oxygen atoms in total. The van der Waals surface area contributed by atoms with Gasteiger partial charge in [-0.2, -0.15) is 0 Å². The molecule has 0 unspecified atom stereocenters. The van der Waals surface area contributed by atoms with Crippen LogP contribution in [0.15, 0.2) is 42.0 Å². The monoisotopic (exact) mass is 443 g/mol. The van der Waals surface area contributed by atoms with Gasteiger partial charge in [-0.25, -0.2) is 4.99 Å². The Kier molecular flexibility index (Phi) is 8.16. The highest BCUT2D eigenvalue weighted by atomic mass is 127. The van der Waals surface area contributed by atoms with Gasteiger partial charge in [0.1, 0.15) is 6.54 Å². The van der Waals surface area contributed by atoms with Gasteiger partial charge >= 0.3 is 0 Å². The summed E-state index contributed by atoms with van der Waals surface area (Å²) in [6, 6.07) is 5.70. The number of likely N-dealkylation sites (N-methyl/N-ethyl adjacent to an activating group) is 1. The Morgan fingerprint density at radius 2 is 2.17 bits per heavy atom. The van der Waals surface area contributed by atoms with Crippen LogP contribution in [0, 0.1) is 0 Å². The average molecular weight is 443 g/mol. The molecule has 1 amide bonds. The Morgan fingerprint density at radius 1 is 1.38 bits per heavy atom. The fraction of sp³-hybridized carbons (Fsp3) is 0.333. The molecule has 0 aliphatic heterocycles. The Labute approximate surface area is 158 Å². The van der Waals surface area contributed by atoms with E-state index in [2.05, 4.69) is 32.4 Å². The standard InChI is InChI=1S/C15H21N7O.HI/c1-4-8-16-15(18-11-14(23)21(2)3)17-10-13-20-19-12-7-5-6-9-22(12)13;/h4-7,9H,1,8,10-11H2,2-3H3,(H2,16,17,18);1H. The zero-order valence-electron chi connectivity index (χ0n) is 13.8. The minimum absolute atomic E-state index is 0. The number of carbonyl (C=O) groups excluding carboxylic acids is 1. The molecule has 130 valence electrons. The molecule has 9 heteroatoms. The van der Waals surface area contributed by atoms with Gasteiger partial charge in [0, 0.05) is 26.8 Å². The zero-order chi connectivity index (χ0) is 16.7. The molecule has 0 saturated carbocycles. The number of aromatic nitrogens is 3. The van der Waals surface area contributed by atoms with Crippen LogP contribution < -0.4 is 10.6 Å². The van der Waals surface area contributed by atoms with Gasteiger partial charge in [0.05, 0.1) is 6.54 Å². The number of pyridine rings is 1. The molecule has 0 saturated heterocycles. The van der Waals surface area contributed by atoms with Gasteiger partial charge in [0.15, 0.2) is 17.4 Å². The number of aliphatic imine (C=N–C) groups is 1. The van der Waals surface area contributed by atoms with E-state index in [0.29, 0.717) is 19.0 Å². The largest absolute Gasteiger partial charge is 0.353 e. The lowest BCUT2D eigenvalue weighted by atomic mass is 10.4. The van der Waals surface area contributed by atoms with Crippen molar-refractivity contribution in [2.75, 3.05) is 27.2 Å². The Hall–Kier alpha value is -2.17. The molecule has 2 N–H and O–H groups in total. The van der Waals surface area contributed by atoms with E-state index < -0.39 is 0 Å². The first-order chi connectivity index (χ1) is 11.1. The summed E-state index contributed by atoms with van der Waals surface area (Å²) >= 11 is 0. The number of hydrogen-bond donors (Lipinski definition) is 2. The fourth-order valence-corrected chi connectivity index (χ4v) is 1.81. The van der Waals surface area contributed by atoms with Crippen molar-refractivity contribution < 1.29 is 4.79 Å². The molecule has 0 aliphatic rings. The van der Waals surface area contributed by atoms with Crippen molar-refractivity contribution in [1.29, 1.82) is 0 Å².